The number of sulfonamides is 1. The summed E-state index contributed by atoms with van der Waals surface area (Å²) >= 11 is 0. The Kier molecular flexibility index (Phi) is 4.10. The van der Waals surface area contributed by atoms with Crippen LogP contribution in [-0.2, 0) is 10.0 Å². The lowest BCUT2D eigenvalue weighted by Gasteiger charge is -2.22. The van der Waals surface area contributed by atoms with Crippen LogP contribution >= 0.6 is 0 Å². The highest BCUT2D eigenvalue weighted by atomic mass is 32.2. The van der Waals surface area contributed by atoms with Crippen molar-refractivity contribution in [3.63, 3.8) is 0 Å². The van der Waals surface area contributed by atoms with E-state index in [1.54, 1.807) is 4.31 Å². The van der Waals surface area contributed by atoms with Gasteiger partial charge in [0, 0.05) is 24.8 Å². The normalized spacial score (nSPS) is 16.2. The van der Waals surface area contributed by atoms with Crippen LogP contribution < -0.4 is 5.56 Å². The molecule has 0 unspecified atom stereocenters. The van der Waals surface area contributed by atoms with E-state index < -0.39 is 10.0 Å². The van der Waals surface area contributed by atoms with Crippen molar-refractivity contribution in [1.29, 1.82) is 0 Å². The van der Waals surface area contributed by atoms with Crippen LogP contribution in [0.5, 0.6) is 0 Å². The lowest BCUT2D eigenvalue weighted by Crippen LogP contribution is -2.34. The van der Waals surface area contributed by atoms with Crippen molar-refractivity contribution >= 4 is 10.0 Å². The topological polar surface area (TPSA) is 70.2 Å². The van der Waals surface area contributed by atoms with Gasteiger partial charge in [-0.05, 0) is 31.2 Å². The Bertz CT molecular complexity index is 568. The van der Waals surface area contributed by atoms with Crippen LogP contribution in [-0.4, -0.2) is 30.3 Å². The summed E-state index contributed by atoms with van der Waals surface area (Å²) in [6, 6.07) is 2.76. The molecule has 5 nitrogen and oxygen atoms in total. The summed E-state index contributed by atoms with van der Waals surface area (Å²) in [5, 5.41) is 0. The molecule has 1 N–H and O–H groups in total. The van der Waals surface area contributed by atoms with E-state index in [0.717, 1.165) is 19.3 Å². The summed E-state index contributed by atoms with van der Waals surface area (Å²) in [7, 11) is -3.49. The quantitative estimate of drug-likeness (QED) is 0.862. The number of aromatic amines is 1. The molecule has 0 aromatic carbocycles. The fourth-order valence-electron chi connectivity index (χ4n) is 1.94. The van der Waals surface area contributed by atoms with Crippen LogP contribution in [0.1, 0.15) is 33.1 Å². The van der Waals surface area contributed by atoms with E-state index in [1.807, 2.05) is 0 Å². The van der Waals surface area contributed by atoms with Crippen LogP contribution in [0.25, 0.3) is 0 Å². The Hall–Kier alpha value is -1.14. The standard InChI is InChI=1S/C13H20N2O3S/c1-10(2)7-8-15(11-3-4-11)19(17,18)12-5-6-13(16)14-9-12/h5-6,9-11H,3-4,7-8H2,1-2H3,(H,14,16). The predicted octanol–water partition coefficient (Wildman–Crippen LogP) is 1.57. The third-order valence-electron chi connectivity index (χ3n) is 3.24. The highest BCUT2D eigenvalue weighted by molar-refractivity contribution is 7.89. The Labute approximate surface area is 113 Å². The molecule has 0 aliphatic heterocycles. The molecule has 2 rings (SSSR count). The molecular formula is C13H20N2O3S. The third kappa shape index (κ3) is 3.45. The molecule has 1 aliphatic carbocycles. The fourth-order valence-corrected chi connectivity index (χ4v) is 3.61. The first kappa shape index (κ1) is 14.3. The zero-order valence-electron chi connectivity index (χ0n) is 11.3. The van der Waals surface area contributed by atoms with Gasteiger partial charge in [0.2, 0.25) is 15.6 Å². The summed E-state index contributed by atoms with van der Waals surface area (Å²) in [5.41, 5.74) is -0.292. The molecule has 0 radical (unpaired) electrons. The maximum atomic E-state index is 12.5. The monoisotopic (exact) mass is 284 g/mol. The van der Waals surface area contributed by atoms with E-state index in [9.17, 15) is 13.2 Å². The van der Waals surface area contributed by atoms with Crippen LogP contribution in [0, 0.1) is 5.92 Å². The van der Waals surface area contributed by atoms with Gasteiger partial charge in [-0.25, -0.2) is 8.42 Å². The summed E-state index contributed by atoms with van der Waals surface area (Å²) in [4.78, 5) is 13.6. The molecule has 1 heterocycles. The van der Waals surface area contributed by atoms with Crippen molar-refractivity contribution < 1.29 is 8.42 Å². The lowest BCUT2D eigenvalue weighted by atomic mass is 10.1. The van der Waals surface area contributed by atoms with E-state index in [4.69, 9.17) is 0 Å². The van der Waals surface area contributed by atoms with Crippen molar-refractivity contribution in [3.8, 4) is 0 Å². The zero-order valence-corrected chi connectivity index (χ0v) is 12.1. The lowest BCUT2D eigenvalue weighted by molar-refractivity contribution is 0.373. The van der Waals surface area contributed by atoms with Gasteiger partial charge >= 0.3 is 0 Å². The SMILES string of the molecule is CC(C)CCN(C1CC1)S(=O)(=O)c1ccc(=O)[nH]c1. The van der Waals surface area contributed by atoms with Gasteiger partial charge in [-0.15, -0.1) is 0 Å². The van der Waals surface area contributed by atoms with Crippen molar-refractivity contribution in [2.24, 2.45) is 5.92 Å². The van der Waals surface area contributed by atoms with Crippen molar-refractivity contribution in [1.82, 2.24) is 9.29 Å². The third-order valence-corrected chi connectivity index (χ3v) is 5.19. The molecule has 19 heavy (non-hydrogen) atoms. The second-order valence-electron chi connectivity index (χ2n) is 5.42. The Morgan fingerprint density at radius 2 is 2.05 bits per heavy atom. The van der Waals surface area contributed by atoms with Gasteiger partial charge in [-0.1, -0.05) is 13.8 Å². The molecule has 106 valence electrons. The van der Waals surface area contributed by atoms with Crippen molar-refractivity contribution in [3.05, 3.63) is 28.7 Å². The van der Waals surface area contributed by atoms with Gasteiger partial charge in [0.15, 0.2) is 0 Å². The van der Waals surface area contributed by atoms with Crippen molar-refractivity contribution in [2.75, 3.05) is 6.54 Å². The fraction of sp³-hybridized carbons (Fsp3) is 0.615. The minimum atomic E-state index is -3.49. The molecule has 0 spiro atoms. The number of nitrogens with zero attached hydrogens (tertiary/aromatic N) is 1. The first-order valence-corrected chi connectivity index (χ1v) is 8.06. The Balaban J connectivity index is 2.24. The first-order valence-electron chi connectivity index (χ1n) is 6.62. The smallest absolute Gasteiger partial charge is 0.247 e. The molecule has 1 fully saturated rings. The molecule has 0 saturated heterocycles. The second kappa shape index (κ2) is 5.46. The van der Waals surface area contributed by atoms with Crippen molar-refractivity contribution in [2.45, 2.75) is 44.0 Å². The van der Waals surface area contributed by atoms with Crippen LogP contribution in [0.15, 0.2) is 28.0 Å². The van der Waals surface area contributed by atoms with E-state index in [2.05, 4.69) is 18.8 Å². The molecule has 6 heteroatoms. The number of aromatic nitrogens is 1. The number of pyridine rings is 1. The molecule has 1 aromatic heterocycles. The summed E-state index contributed by atoms with van der Waals surface area (Å²) < 4.78 is 26.7. The highest BCUT2D eigenvalue weighted by Gasteiger charge is 2.37. The van der Waals surface area contributed by atoms with E-state index in [1.165, 1.54) is 18.3 Å². The summed E-state index contributed by atoms with van der Waals surface area (Å²) in [6.07, 6.45) is 3.99. The van der Waals surface area contributed by atoms with Gasteiger partial charge in [0.1, 0.15) is 0 Å². The van der Waals surface area contributed by atoms with Crippen LogP contribution in [0.2, 0.25) is 0 Å². The predicted molar refractivity (Wildman–Crippen MR) is 73.4 cm³/mol. The molecule has 1 aromatic rings. The van der Waals surface area contributed by atoms with Crippen LogP contribution in [0.4, 0.5) is 0 Å². The number of nitrogens with one attached hydrogen (secondary N) is 1. The Morgan fingerprint density at radius 1 is 1.37 bits per heavy atom. The molecule has 0 amide bonds. The summed E-state index contributed by atoms with van der Waals surface area (Å²) in [5.74, 6) is 0.465. The van der Waals surface area contributed by atoms with Gasteiger partial charge in [0.25, 0.3) is 0 Å². The van der Waals surface area contributed by atoms with E-state index >= 15 is 0 Å². The van der Waals surface area contributed by atoms with Gasteiger partial charge in [0.05, 0.1) is 4.90 Å². The average Bonchev–Trinajstić information content (AvgIpc) is 3.13. The maximum absolute atomic E-state index is 12.5. The largest absolute Gasteiger partial charge is 0.328 e. The van der Waals surface area contributed by atoms with E-state index in [0.29, 0.717) is 12.5 Å². The van der Waals surface area contributed by atoms with Gasteiger partial charge in [-0.2, -0.15) is 4.31 Å². The molecular weight excluding hydrogens is 264 g/mol. The average molecular weight is 284 g/mol. The molecule has 1 aliphatic rings. The highest BCUT2D eigenvalue weighted by Crippen LogP contribution is 2.32. The first-order chi connectivity index (χ1) is 8.91. The summed E-state index contributed by atoms with van der Waals surface area (Å²) in [6.45, 7) is 4.71. The van der Waals surface area contributed by atoms with E-state index in [-0.39, 0.29) is 16.5 Å². The maximum Gasteiger partial charge on any atom is 0.247 e. The number of hydrogen-bond acceptors (Lipinski definition) is 3. The molecule has 0 atom stereocenters. The number of rotatable bonds is 6. The minimum absolute atomic E-state index is 0.135. The second-order valence-corrected chi connectivity index (χ2v) is 7.31. The number of H-pyrrole nitrogens is 1. The van der Waals surface area contributed by atoms with Gasteiger partial charge < -0.3 is 4.98 Å². The zero-order chi connectivity index (χ0) is 14.0. The van der Waals surface area contributed by atoms with Gasteiger partial charge in [-0.3, -0.25) is 4.79 Å². The number of hydrogen-bond donors (Lipinski definition) is 1. The molecule has 0 bridgehead atoms. The molecule has 1 saturated carbocycles. The van der Waals surface area contributed by atoms with Crippen LogP contribution in [0.3, 0.4) is 0 Å². The minimum Gasteiger partial charge on any atom is -0.328 e. The Morgan fingerprint density at radius 3 is 2.53 bits per heavy atom.